The number of likely N-dealkylation sites (N-methyl/N-ethyl adjacent to an activating group) is 1. The molecule has 1 atom stereocenters. The number of halogens is 1. The molecule has 0 aromatic carbocycles. The van der Waals surface area contributed by atoms with E-state index in [1.807, 2.05) is 12.1 Å². The van der Waals surface area contributed by atoms with E-state index < -0.39 is 0 Å². The van der Waals surface area contributed by atoms with Crippen LogP contribution in [0, 0.1) is 0 Å². The zero-order valence-electron chi connectivity index (χ0n) is 9.93. The smallest absolute Gasteiger partial charge is 0.151 e. The highest BCUT2D eigenvalue weighted by atomic mass is 79.9. The van der Waals surface area contributed by atoms with Crippen LogP contribution < -0.4 is 0 Å². The normalized spacial score (nSPS) is 21.4. The zero-order valence-corrected chi connectivity index (χ0v) is 11.5. The van der Waals surface area contributed by atoms with E-state index >= 15 is 0 Å². The maximum Gasteiger partial charge on any atom is 0.151 e. The van der Waals surface area contributed by atoms with Gasteiger partial charge in [0.05, 0.1) is 10.2 Å². The third-order valence-corrected chi connectivity index (χ3v) is 4.22. The molecule has 0 amide bonds. The molecular formula is C13H16BrN3. The Hall–Kier alpha value is -0.870. The van der Waals surface area contributed by atoms with Crippen molar-refractivity contribution >= 4 is 21.6 Å². The van der Waals surface area contributed by atoms with Crippen LogP contribution in [0.3, 0.4) is 0 Å². The van der Waals surface area contributed by atoms with Gasteiger partial charge in [-0.15, -0.1) is 0 Å². The van der Waals surface area contributed by atoms with E-state index in [2.05, 4.69) is 44.7 Å². The summed E-state index contributed by atoms with van der Waals surface area (Å²) in [5, 5.41) is 0. The summed E-state index contributed by atoms with van der Waals surface area (Å²) in [5.74, 6) is 0. The molecule has 1 aliphatic rings. The van der Waals surface area contributed by atoms with E-state index in [-0.39, 0.29) is 0 Å². The van der Waals surface area contributed by atoms with Crippen molar-refractivity contribution in [2.45, 2.75) is 25.3 Å². The number of fused-ring (bicyclic) bond motifs is 1. The van der Waals surface area contributed by atoms with Crippen molar-refractivity contribution in [3.05, 3.63) is 34.7 Å². The first-order valence-electron chi connectivity index (χ1n) is 6.06. The quantitative estimate of drug-likeness (QED) is 0.849. The number of rotatable bonds is 2. The lowest BCUT2D eigenvalue weighted by molar-refractivity contribution is 0.308. The fraction of sp³-hybridized carbons (Fsp3) is 0.462. The van der Waals surface area contributed by atoms with Crippen LogP contribution in [0.15, 0.2) is 29.0 Å². The van der Waals surface area contributed by atoms with Gasteiger partial charge in [0.15, 0.2) is 5.65 Å². The fourth-order valence-electron chi connectivity index (χ4n) is 2.61. The molecule has 1 aliphatic heterocycles. The molecule has 2 aromatic rings. The highest BCUT2D eigenvalue weighted by Crippen LogP contribution is 2.21. The molecule has 90 valence electrons. The van der Waals surface area contributed by atoms with Gasteiger partial charge in [-0.3, -0.25) is 0 Å². The Morgan fingerprint density at radius 2 is 2.41 bits per heavy atom. The predicted octanol–water partition coefficient (Wildman–Crippen LogP) is 2.73. The topological polar surface area (TPSA) is 20.5 Å². The average molecular weight is 294 g/mol. The zero-order chi connectivity index (χ0) is 11.8. The molecule has 0 saturated carbocycles. The monoisotopic (exact) mass is 293 g/mol. The molecule has 4 heteroatoms. The summed E-state index contributed by atoms with van der Waals surface area (Å²) in [6.07, 6.45) is 7.87. The molecule has 1 unspecified atom stereocenters. The Labute approximate surface area is 110 Å². The number of nitrogens with zero attached hydrogens (tertiary/aromatic N) is 3. The predicted molar refractivity (Wildman–Crippen MR) is 72.2 cm³/mol. The molecule has 0 radical (unpaired) electrons. The van der Waals surface area contributed by atoms with Crippen LogP contribution in [0.25, 0.3) is 5.65 Å². The van der Waals surface area contributed by atoms with Gasteiger partial charge < -0.3 is 9.30 Å². The first-order valence-corrected chi connectivity index (χ1v) is 6.85. The summed E-state index contributed by atoms with van der Waals surface area (Å²) in [4.78, 5) is 7.14. The van der Waals surface area contributed by atoms with Crippen LogP contribution in [0.1, 0.15) is 18.5 Å². The number of hydrogen-bond acceptors (Lipinski definition) is 2. The summed E-state index contributed by atoms with van der Waals surface area (Å²) in [7, 11) is 2.21. The summed E-state index contributed by atoms with van der Waals surface area (Å²) >= 11 is 3.54. The van der Waals surface area contributed by atoms with Gasteiger partial charge >= 0.3 is 0 Å². The van der Waals surface area contributed by atoms with Gasteiger partial charge in [0.25, 0.3) is 0 Å². The molecule has 0 aliphatic carbocycles. The number of pyridine rings is 1. The van der Waals surface area contributed by atoms with E-state index in [1.165, 1.54) is 25.1 Å². The minimum absolute atomic E-state index is 0.665. The van der Waals surface area contributed by atoms with E-state index in [0.717, 1.165) is 16.5 Å². The van der Waals surface area contributed by atoms with Gasteiger partial charge in [0.2, 0.25) is 0 Å². The lowest BCUT2D eigenvalue weighted by atomic mass is 10.1. The molecule has 17 heavy (non-hydrogen) atoms. The fourth-order valence-corrected chi connectivity index (χ4v) is 3.05. The summed E-state index contributed by atoms with van der Waals surface area (Å²) in [6, 6.07) is 4.73. The molecular weight excluding hydrogens is 278 g/mol. The van der Waals surface area contributed by atoms with Crippen LogP contribution in [-0.2, 0) is 6.42 Å². The SMILES string of the molecule is CN1CCCC1Cc1cn2cccc(Br)c2n1. The molecule has 3 heterocycles. The second-order valence-electron chi connectivity index (χ2n) is 4.80. The van der Waals surface area contributed by atoms with E-state index in [9.17, 15) is 0 Å². The molecule has 0 N–H and O–H groups in total. The number of aromatic nitrogens is 2. The van der Waals surface area contributed by atoms with E-state index in [1.54, 1.807) is 0 Å². The molecule has 0 bridgehead atoms. The second-order valence-corrected chi connectivity index (χ2v) is 5.65. The number of hydrogen-bond donors (Lipinski definition) is 0. The average Bonchev–Trinajstić information content (AvgIpc) is 2.87. The lowest BCUT2D eigenvalue weighted by Gasteiger charge is -2.17. The van der Waals surface area contributed by atoms with E-state index in [4.69, 9.17) is 4.98 Å². The van der Waals surface area contributed by atoms with Gasteiger partial charge in [-0.05, 0) is 54.5 Å². The van der Waals surface area contributed by atoms with Crippen LogP contribution in [0.2, 0.25) is 0 Å². The largest absolute Gasteiger partial charge is 0.306 e. The van der Waals surface area contributed by atoms with Crippen molar-refractivity contribution in [1.29, 1.82) is 0 Å². The van der Waals surface area contributed by atoms with Gasteiger partial charge in [-0.25, -0.2) is 4.98 Å². The first-order chi connectivity index (χ1) is 8.24. The Balaban J connectivity index is 1.88. The Kier molecular flexibility index (Phi) is 2.92. The van der Waals surface area contributed by atoms with Crippen molar-refractivity contribution in [2.75, 3.05) is 13.6 Å². The molecule has 3 rings (SSSR count). The summed E-state index contributed by atoms with van der Waals surface area (Å²) < 4.78 is 3.15. The Morgan fingerprint density at radius 1 is 1.53 bits per heavy atom. The van der Waals surface area contributed by atoms with Gasteiger partial charge in [-0.1, -0.05) is 0 Å². The van der Waals surface area contributed by atoms with Crippen LogP contribution >= 0.6 is 15.9 Å². The minimum Gasteiger partial charge on any atom is -0.306 e. The maximum absolute atomic E-state index is 4.70. The van der Waals surface area contributed by atoms with Crippen molar-refractivity contribution in [1.82, 2.24) is 14.3 Å². The first kappa shape index (κ1) is 11.2. The van der Waals surface area contributed by atoms with Gasteiger partial charge in [-0.2, -0.15) is 0 Å². The summed E-state index contributed by atoms with van der Waals surface area (Å²) in [5.41, 5.74) is 2.21. The maximum atomic E-state index is 4.70. The van der Waals surface area contributed by atoms with Crippen LogP contribution in [0.5, 0.6) is 0 Å². The highest BCUT2D eigenvalue weighted by Gasteiger charge is 2.22. The van der Waals surface area contributed by atoms with Crippen molar-refractivity contribution in [3.8, 4) is 0 Å². The van der Waals surface area contributed by atoms with Crippen LogP contribution in [-0.4, -0.2) is 33.9 Å². The highest BCUT2D eigenvalue weighted by molar-refractivity contribution is 9.10. The standard InChI is InChI=1S/C13H16BrN3/c1-16-6-2-4-11(16)8-10-9-17-7-3-5-12(14)13(17)15-10/h3,5,7,9,11H,2,4,6,8H2,1H3. The lowest BCUT2D eigenvalue weighted by Crippen LogP contribution is -2.26. The molecule has 0 spiro atoms. The van der Waals surface area contributed by atoms with Gasteiger partial charge in [0, 0.05) is 24.9 Å². The molecule has 1 saturated heterocycles. The summed E-state index contributed by atoms with van der Waals surface area (Å²) in [6.45, 7) is 1.22. The van der Waals surface area contributed by atoms with Crippen molar-refractivity contribution in [3.63, 3.8) is 0 Å². The molecule has 1 fully saturated rings. The molecule has 3 nitrogen and oxygen atoms in total. The Morgan fingerprint density at radius 3 is 3.12 bits per heavy atom. The third-order valence-electron chi connectivity index (χ3n) is 3.60. The minimum atomic E-state index is 0.665. The second kappa shape index (κ2) is 4.42. The van der Waals surface area contributed by atoms with Crippen LogP contribution in [0.4, 0.5) is 0 Å². The molecule has 2 aromatic heterocycles. The van der Waals surface area contributed by atoms with Gasteiger partial charge in [0.1, 0.15) is 0 Å². The van der Waals surface area contributed by atoms with Crippen molar-refractivity contribution < 1.29 is 0 Å². The van der Waals surface area contributed by atoms with Crippen molar-refractivity contribution in [2.24, 2.45) is 0 Å². The number of imidazole rings is 1. The number of likely N-dealkylation sites (tertiary alicyclic amines) is 1. The third kappa shape index (κ3) is 2.11. The Bertz CT molecular complexity index is 534. The van der Waals surface area contributed by atoms with E-state index in [0.29, 0.717) is 6.04 Å².